The molecule has 0 aromatic rings. The topological polar surface area (TPSA) is 58.6 Å². The van der Waals surface area contributed by atoms with Crippen molar-refractivity contribution in [3.63, 3.8) is 0 Å². The van der Waals surface area contributed by atoms with Crippen LogP contribution in [0.3, 0.4) is 0 Å². The maximum absolute atomic E-state index is 12.1. The Labute approximate surface area is 101 Å². The largest absolute Gasteiger partial charge is 0.444 e. The summed E-state index contributed by atoms with van der Waals surface area (Å²) in [6.45, 7) is 6.12. The van der Waals surface area contributed by atoms with Gasteiger partial charge in [0.15, 0.2) is 0 Å². The molecule has 2 saturated heterocycles. The summed E-state index contributed by atoms with van der Waals surface area (Å²) in [5, 5.41) is 2.84. The van der Waals surface area contributed by atoms with Crippen LogP contribution in [0.1, 0.15) is 40.0 Å². The molecule has 2 rings (SSSR count). The van der Waals surface area contributed by atoms with Crippen molar-refractivity contribution < 1.29 is 14.3 Å². The number of carbonyl (C=O) groups excluding carboxylic acids is 2. The van der Waals surface area contributed by atoms with Gasteiger partial charge in [0.05, 0.1) is 6.04 Å². The fourth-order valence-electron chi connectivity index (χ4n) is 2.49. The van der Waals surface area contributed by atoms with E-state index in [0.717, 1.165) is 12.8 Å². The second-order valence-electron chi connectivity index (χ2n) is 5.78. The predicted molar refractivity (Wildman–Crippen MR) is 62.5 cm³/mol. The Balaban J connectivity index is 2.09. The summed E-state index contributed by atoms with van der Waals surface area (Å²) >= 11 is 0. The fourth-order valence-corrected chi connectivity index (χ4v) is 2.49. The molecule has 2 aliphatic rings. The van der Waals surface area contributed by atoms with Crippen LogP contribution in [0.2, 0.25) is 0 Å². The Hall–Kier alpha value is -1.26. The van der Waals surface area contributed by atoms with Gasteiger partial charge in [-0.1, -0.05) is 0 Å². The van der Waals surface area contributed by atoms with Crippen LogP contribution in [0, 0.1) is 0 Å². The van der Waals surface area contributed by atoms with Crippen molar-refractivity contribution in [1.29, 1.82) is 0 Å². The average molecular weight is 240 g/mol. The molecule has 2 bridgehead atoms. The number of nitrogens with zero attached hydrogens (tertiary/aromatic N) is 1. The zero-order valence-electron chi connectivity index (χ0n) is 10.7. The van der Waals surface area contributed by atoms with Crippen LogP contribution >= 0.6 is 0 Å². The van der Waals surface area contributed by atoms with E-state index < -0.39 is 5.60 Å². The lowest BCUT2D eigenvalue weighted by molar-refractivity contribution is -0.121. The van der Waals surface area contributed by atoms with Gasteiger partial charge in [0.1, 0.15) is 5.60 Å². The van der Waals surface area contributed by atoms with E-state index >= 15 is 0 Å². The van der Waals surface area contributed by atoms with E-state index in [2.05, 4.69) is 5.32 Å². The standard InChI is InChI=1S/C12H20N2O3/c1-12(2,3)17-11(16)14-8-4-5-9(14)7-13-10(15)6-8/h8-9H,4-7H2,1-3H3,(H,13,15). The van der Waals surface area contributed by atoms with Crippen molar-refractivity contribution in [2.45, 2.75) is 57.7 Å². The normalized spacial score (nSPS) is 28.6. The Morgan fingerprint density at radius 1 is 1.35 bits per heavy atom. The van der Waals surface area contributed by atoms with Crippen molar-refractivity contribution in [3.05, 3.63) is 0 Å². The monoisotopic (exact) mass is 240 g/mol. The number of hydrogen-bond acceptors (Lipinski definition) is 3. The second kappa shape index (κ2) is 4.20. The second-order valence-corrected chi connectivity index (χ2v) is 5.78. The number of amides is 2. The first kappa shape index (κ1) is 12.2. The van der Waals surface area contributed by atoms with Crippen molar-refractivity contribution in [1.82, 2.24) is 10.2 Å². The van der Waals surface area contributed by atoms with Gasteiger partial charge >= 0.3 is 6.09 Å². The summed E-state index contributed by atoms with van der Waals surface area (Å²) in [5.41, 5.74) is -0.486. The Morgan fingerprint density at radius 3 is 2.65 bits per heavy atom. The molecule has 0 spiro atoms. The van der Waals surface area contributed by atoms with Gasteiger partial charge < -0.3 is 10.1 Å². The Kier molecular flexibility index (Phi) is 3.02. The molecular formula is C12H20N2O3. The van der Waals surface area contributed by atoms with Crippen LogP contribution in [0.5, 0.6) is 0 Å². The van der Waals surface area contributed by atoms with E-state index in [0.29, 0.717) is 13.0 Å². The first-order valence-corrected chi connectivity index (χ1v) is 6.15. The summed E-state index contributed by atoms with van der Waals surface area (Å²) in [6.07, 6.45) is 1.96. The van der Waals surface area contributed by atoms with Crippen LogP contribution in [-0.2, 0) is 9.53 Å². The van der Waals surface area contributed by atoms with Crippen LogP contribution < -0.4 is 5.32 Å². The Bertz CT molecular complexity index is 335. The molecule has 96 valence electrons. The van der Waals surface area contributed by atoms with Crippen LogP contribution in [-0.4, -0.2) is 41.1 Å². The number of hydrogen-bond donors (Lipinski definition) is 1. The lowest BCUT2D eigenvalue weighted by Gasteiger charge is -2.30. The first-order valence-electron chi connectivity index (χ1n) is 6.15. The minimum atomic E-state index is -0.486. The van der Waals surface area contributed by atoms with E-state index in [4.69, 9.17) is 4.74 Å². The van der Waals surface area contributed by atoms with Gasteiger partial charge in [-0.2, -0.15) is 0 Å². The summed E-state index contributed by atoms with van der Waals surface area (Å²) < 4.78 is 5.40. The molecule has 0 saturated carbocycles. The molecule has 5 nitrogen and oxygen atoms in total. The van der Waals surface area contributed by atoms with Gasteiger partial charge in [0, 0.05) is 19.0 Å². The van der Waals surface area contributed by atoms with Crippen LogP contribution in [0.25, 0.3) is 0 Å². The number of rotatable bonds is 0. The van der Waals surface area contributed by atoms with Gasteiger partial charge in [-0.3, -0.25) is 9.69 Å². The van der Waals surface area contributed by atoms with Gasteiger partial charge in [0.25, 0.3) is 0 Å². The van der Waals surface area contributed by atoms with E-state index in [9.17, 15) is 9.59 Å². The predicted octanol–water partition coefficient (Wildman–Crippen LogP) is 1.27. The summed E-state index contributed by atoms with van der Waals surface area (Å²) in [7, 11) is 0. The van der Waals surface area contributed by atoms with Crippen molar-refractivity contribution >= 4 is 12.0 Å². The number of fused-ring (bicyclic) bond motifs is 2. The molecule has 0 radical (unpaired) electrons. The molecule has 2 heterocycles. The summed E-state index contributed by atoms with van der Waals surface area (Å²) in [6, 6.07) is 0.110. The third-order valence-corrected chi connectivity index (χ3v) is 3.18. The minimum absolute atomic E-state index is 0.0114. The number of carbonyl (C=O) groups is 2. The third kappa shape index (κ3) is 2.70. The van der Waals surface area contributed by atoms with Crippen molar-refractivity contribution in [2.75, 3.05) is 6.54 Å². The molecule has 2 atom stereocenters. The molecule has 2 aliphatic heterocycles. The van der Waals surface area contributed by atoms with Crippen LogP contribution in [0.4, 0.5) is 4.79 Å². The maximum atomic E-state index is 12.1. The average Bonchev–Trinajstić information content (AvgIpc) is 2.45. The fraction of sp³-hybridized carbons (Fsp3) is 0.833. The van der Waals surface area contributed by atoms with Crippen molar-refractivity contribution in [3.8, 4) is 0 Å². The molecule has 0 aliphatic carbocycles. The van der Waals surface area contributed by atoms with E-state index in [1.165, 1.54) is 0 Å². The lowest BCUT2D eigenvalue weighted by atomic mass is 10.1. The number of nitrogens with one attached hydrogen (secondary N) is 1. The number of ether oxygens (including phenoxy) is 1. The molecule has 2 unspecified atom stereocenters. The molecule has 5 heteroatoms. The van der Waals surface area contributed by atoms with Crippen molar-refractivity contribution in [2.24, 2.45) is 0 Å². The molecule has 2 amide bonds. The highest BCUT2D eigenvalue weighted by Gasteiger charge is 2.42. The molecule has 0 aromatic carbocycles. The van der Waals surface area contributed by atoms with E-state index in [1.54, 1.807) is 4.90 Å². The van der Waals surface area contributed by atoms with Gasteiger partial charge in [-0.15, -0.1) is 0 Å². The smallest absolute Gasteiger partial charge is 0.410 e. The maximum Gasteiger partial charge on any atom is 0.410 e. The minimum Gasteiger partial charge on any atom is -0.444 e. The summed E-state index contributed by atoms with van der Waals surface area (Å²) in [5.74, 6) is 0.0331. The third-order valence-electron chi connectivity index (χ3n) is 3.18. The highest BCUT2D eigenvalue weighted by molar-refractivity contribution is 5.79. The zero-order valence-corrected chi connectivity index (χ0v) is 10.7. The van der Waals surface area contributed by atoms with E-state index in [1.807, 2.05) is 20.8 Å². The Morgan fingerprint density at radius 2 is 2.00 bits per heavy atom. The highest BCUT2D eigenvalue weighted by Crippen LogP contribution is 2.29. The van der Waals surface area contributed by atoms with Gasteiger partial charge in [-0.25, -0.2) is 4.79 Å². The molecular weight excluding hydrogens is 220 g/mol. The molecule has 2 fully saturated rings. The first-order chi connectivity index (χ1) is 7.87. The quantitative estimate of drug-likeness (QED) is 0.693. The van der Waals surface area contributed by atoms with Crippen LogP contribution in [0.15, 0.2) is 0 Å². The van der Waals surface area contributed by atoms with E-state index in [-0.39, 0.29) is 24.1 Å². The zero-order chi connectivity index (χ0) is 12.6. The van der Waals surface area contributed by atoms with Gasteiger partial charge in [0.2, 0.25) is 5.91 Å². The summed E-state index contributed by atoms with van der Waals surface area (Å²) in [4.78, 5) is 25.3. The lowest BCUT2D eigenvalue weighted by Crippen LogP contribution is -2.45. The van der Waals surface area contributed by atoms with Gasteiger partial charge in [-0.05, 0) is 33.6 Å². The highest BCUT2D eigenvalue weighted by atomic mass is 16.6. The molecule has 0 aromatic heterocycles. The molecule has 17 heavy (non-hydrogen) atoms. The molecule has 1 N–H and O–H groups in total. The SMILES string of the molecule is CC(C)(C)OC(=O)N1C2CCC1CC(=O)NC2.